The predicted molar refractivity (Wildman–Crippen MR) is 123 cm³/mol. The molecule has 1 N–H and O–H groups in total. The molecule has 35 heavy (non-hydrogen) atoms. The van der Waals surface area contributed by atoms with Gasteiger partial charge in [-0.2, -0.15) is 18.3 Å². The van der Waals surface area contributed by atoms with Crippen molar-refractivity contribution in [1.82, 2.24) is 25.0 Å². The van der Waals surface area contributed by atoms with Gasteiger partial charge in [0.2, 0.25) is 5.91 Å². The number of aromatic nitrogens is 3. The average Bonchev–Trinajstić information content (AvgIpc) is 3.36. The first-order valence-corrected chi connectivity index (χ1v) is 11.2. The highest BCUT2D eigenvalue weighted by atomic mass is 19.4. The van der Waals surface area contributed by atoms with E-state index in [-0.39, 0.29) is 12.5 Å². The molecular weight excluding hydrogens is 459 g/mol. The number of halogens is 3. The molecule has 10 heteroatoms. The lowest BCUT2D eigenvalue weighted by Crippen LogP contribution is -2.48. The van der Waals surface area contributed by atoms with E-state index in [2.05, 4.69) is 15.4 Å². The summed E-state index contributed by atoms with van der Waals surface area (Å²) < 4.78 is 39.5. The van der Waals surface area contributed by atoms with Gasteiger partial charge in [-0.15, -0.1) is 0 Å². The molecule has 0 bridgehead atoms. The minimum atomic E-state index is -4.57. The molecule has 0 aliphatic heterocycles. The first-order chi connectivity index (χ1) is 16.5. The third kappa shape index (κ3) is 5.36. The number of nitrogens with one attached hydrogen (secondary N) is 1. The van der Waals surface area contributed by atoms with Crippen LogP contribution in [0.2, 0.25) is 0 Å². The van der Waals surface area contributed by atoms with E-state index in [1.807, 2.05) is 30.3 Å². The topological polar surface area (TPSA) is 80.1 Å². The summed E-state index contributed by atoms with van der Waals surface area (Å²) in [6, 6.07) is 13.1. The first kappa shape index (κ1) is 24.4. The molecule has 2 amide bonds. The third-order valence-corrected chi connectivity index (χ3v) is 6.19. The number of benzene rings is 1. The Hall–Kier alpha value is -3.69. The second-order valence-electron chi connectivity index (χ2n) is 8.98. The number of pyridine rings is 1. The van der Waals surface area contributed by atoms with Crippen LogP contribution in [0, 0.1) is 6.92 Å². The molecule has 7 nitrogen and oxygen atoms in total. The molecule has 0 spiro atoms. The number of carbonyl (C=O) groups excluding carboxylic acids is 2. The van der Waals surface area contributed by atoms with Gasteiger partial charge in [0, 0.05) is 25.4 Å². The van der Waals surface area contributed by atoms with Crippen molar-refractivity contribution in [1.29, 1.82) is 0 Å². The number of likely N-dealkylation sites (N-methyl/N-ethyl adjacent to an activating group) is 1. The molecule has 1 aromatic carbocycles. The highest BCUT2D eigenvalue weighted by Crippen LogP contribution is 2.37. The summed E-state index contributed by atoms with van der Waals surface area (Å²) in [4.78, 5) is 32.0. The van der Waals surface area contributed by atoms with Crippen LogP contribution in [-0.4, -0.2) is 50.6 Å². The van der Waals surface area contributed by atoms with Gasteiger partial charge < -0.3 is 10.2 Å². The molecule has 3 aromatic rings. The van der Waals surface area contributed by atoms with Crippen LogP contribution in [0.4, 0.5) is 13.2 Å². The molecule has 184 valence electrons. The zero-order valence-corrected chi connectivity index (χ0v) is 19.6. The predicted octanol–water partition coefficient (Wildman–Crippen LogP) is 4.25. The maximum Gasteiger partial charge on any atom is 0.435 e. The Morgan fingerprint density at radius 3 is 2.40 bits per heavy atom. The highest BCUT2D eigenvalue weighted by molar-refractivity contribution is 5.95. The van der Waals surface area contributed by atoms with Crippen LogP contribution in [0.15, 0.2) is 54.7 Å². The Labute approximate surface area is 201 Å². The molecule has 2 aromatic heterocycles. The molecular formula is C25H26F3N5O2. The Morgan fingerprint density at radius 1 is 1.14 bits per heavy atom. The van der Waals surface area contributed by atoms with Gasteiger partial charge in [0.15, 0.2) is 5.69 Å². The molecule has 1 aliphatic carbocycles. The summed E-state index contributed by atoms with van der Waals surface area (Å²) in [6.45, 7) is 3.54. The van der Waals surface area contributed by atoms with E-state index in [1.165, 1.54) is 6.92 Å². The van der Waals surface area contributed by atoms with Gasteiger partial charge in [-0.3, -0.25) is 19.3 Å². The Morgan fingerprint density at radius 2 is 1.83 bits per heavy atom. The summed E-state index contributed by atoms with van der Waals surface area (Å²) in [6.07, 6.45) is -2.11. The van der Waals surface area contributed by atoms with E-state index < -0.39 is 29.4 Å². The molecule has 4 rings (SSSR count). The van der Waals surface area contributed by atoms with Crippen molar-refractivity contribution in [2.45, 2.75) is 44.4 Å². The number of aryl methyl sites for hydroxylation is 1. The van der Waals surface area contributed by atoms with E-state index in [0.29, 0.717) is 24.1 Å². The maximum atomic E-state index is 13.1. The number of hydrogen-bond donors (Lipinski definition) is 1. The van der Waals surface area contributed by atoms with Gasteiger partial charge in [0.05, 0.1) is 22.5 Å². The van der Waals surface area contributed by atoms with Crippen LogP contribution < -0.4 is 5.32 Å². The minimum absolute atomic E-state index is 0.218. The Bertz CT molecular complexity index is 1240. The summed E-state index contributed by atoms with van der Waals surface area (Å²) in [5.74, 6) is -0.671. The van der Waals surface area contributed by atoms with Crippen molar-refractivity contribution >= 4 is 11.8 Å². The van der Waals surface area contributed by atoms with Crippen molar-refractivity contribution in [2.24, 2.45) is 0 Å². The van der Waals surface area contributed by atoms with Crippen molar-refractivity contribution in [3.8, 4) is 11.3 Å². The summed E-state index contributed by atoms with van der Waals surface area (Å²) in [7, 11) is 1.66. The first-order valence-electron chi connectivity index (χ1n) is 11.2. The van der Waals surface area contributed by atoms with Crippen LogP contribution in [-0.2, 0) is 11.0 Å². The van der Waals surface area contributed by atoms with Gasteiger partial charge in [0.1, 0.15) is 6.04 Å². The number of alkyl halides is 3. The van der Waals surface area contributed by atoms with Gasteiger partial charge >= 0.3 is 6.18 Å². The van der Waals surface area contributed by atoms with Crippen LogP contribution in [0.25, 0.3) is 11.3 Å². The second-order valence-corrected chi connectivity index (χ2v) is 8.98. The zero-order chi connectivity index (χ0) is 25.4. The lowest BCUT2D eigenvalue weighted by molar-refractivity contribution is -0.142. The SMILES string of the molecule is Cc1nc(-c2ccccc2)ccc1C(=O)N(C)CC1(NC(=O)C(C)n2ccc(C(F)(F)F)n2)CC1. The van der Waals surface area contributed by atoms with Crippen LogP contribution in [0.1, 0.15) is 47.6 Å². The number of nitrogens with zero attached hydrogens (tertiary/aromatic N) is 4. The van der Waals surface area contributed by atoms with E-state index in [4.69, 9.17) is 0 Å². The summed E-state index contributed by atoms with van der Waals surface area (Å²) in [5, 5.41) is 6.39. The summed E-state index contributed by atoms with van der Waals surface area (Å²) in [5.41, 5.74) is 1.14. The van der Waals surface area contributed by atoms with E-state index in [1.54, 1.807) is 31.0 Å². The number of carbonyl (C=O) groups is 2. The molecule has 0 saturated heterocycles. The molecule has 1 fully saturated rings. The van der Waals surface area contributed by atoms with Gasteiger partial charge in [0.25, 0.3) is 5.91 Å². The lowest BCUT2D eigenvalue weighted by Gasteiger charge is -2.26. The van der Waals surface area contributed by atoms with E-state index >= 15 is 0 Å². The van der Waals surface area contributed by atoms with Crippen molar-refractivity contribution in [3.05, 3.63) is 71.7 Å². The largest absolute Gasteiger partial charge is 0.435 e. The molecule has 1 unspecified atom stereocenters. The molecule has 1 aliphatic rings. The molecule has 2 heterocycles. The molecule has 0 radical (unpaired) electrons. The Kier molecular flexibility index (Phi) is 6.40. The minimum Gasteiger partial charge on any atom is -0.347 e. The second kappa shape index (κ2) is 9.16. The fourth-order valence-electron chi connectivity index (χ4n) is 3.95. The van der Waals surface area contributed by atoms with E-state index in [0.717, 1.165) is 28.2 Å². The van der Waals surface area contributed by atoms with Gasteiger partial charge in [-0.25, -0.2) is 0 Å². The molecule has 1 saturated carbocycles. The fourth-order valence-corrected chi connectivity index (χ4v) is 3.95. The van der Waals surface area contributed by atoms with Crippen LogP contribution >= 0.6 is 0 Å². The quantitative estimate of drug-likeness (QED) is 0.543. The van der Waals surface area contributed by atoms with Crippen molar-refractivity contribution < 1.29 is 22.8 Å². The fraction of sp³-hybridized carbons (Fsp3) is 0.360. The van der Waals surface area contributed by atoms with Crippen LogP contribution in [0.3, 0.4) is 0 Å². The highest BCUT2D eigenvalue weighted by Gasteiger charge is 2.46. The van der Waals surface area contributed by atoms with Crippen molar-refractivity contribution in [2.75, 3.05) is 13.6 Å². The molecule has 1 atom stereocenters. The average molecular weight is 486 g/mol. The number of rotatable bonds is 7. The zero-order valence-electron chi connectivity index (χ0n) is 19.6. The monoisotopic (exact) mass is 485 g/mol. The smallest absolute Gasteiger partial charge is 0.347 e. The van der Waals surface area contributed by atoms with Gasteiger partial charge in [-0.05, 0) is 44.9 Å². The standard InChI is InChI=1S/C25H26F3N5O2/c1-16-19(9-10-20(29-16)18-7-5-4-6-8-18)23(35)32(3)15-24(12-13-24)30-22(34)17(2)33-14-11-21(31-33)25(26,27)28/h4-11,14,17H,12-13,15H2,1-3H3,(H,30,34). The number of hydrogen-bond acceptors (Lipinski definition) is 4. The maximum absolute atomic E-state index is 13.1. The van der Waals surface area contributed by atoms with Crippen LogP contribution in [0.5, 0.6) is 0 Å². The Balaban J connectivity index is 1.40. The summed E-state index contributed by atoms with van der Waals surface area (Å²) >= 11 is 0. The third-order valence-electron chi connectivity index (χ3n) is 6.19. The lowest BCUT2D eigenvalue weighted by atomic mass is 10.1. The van der Waals surface area contributed by atoms with Crippen molar-refractivity contribution in [3.63, 3.8) is 0 Å². The normalized spacial score (nSPS) is 15.4. The van der Waals surface area contributed by atoms with Gasteiger partial charge in [-0.1, -0.05) is 30.3 Å². The number of amides is 2. The van der Waals surface area contributed by atoms with E-state index in [9.17, 15) is 22.8 Å².